The smallest absolute Gasteiger partial charge is 0.157 e. The Morgan fingerprint density at radius 3 is 1.27 bits per heavy atom. The van der Waals surface area contributed by atoms with Crippen LogP contribution in [-0.2, 0) is 63.4 Å². The summed E-state index contributed by atoms with van der Waals surface area (Å²) < 4.78 is 76.3. The predicted molar refractivity (Wildman–Crippen MR) is 188 cm³/mol. The van der Waals surface area contributed by atoms with Crippen molar-refractivity contribution in [2.75, 3.05) is 119 Å². The number of hydrogen-bond acceptors (Lipinski definition) is 13. The third kappa shape index (κ3) is 18.9. The maximum absolute atomic E-state index is 6.19. The van der Waals surface area contributed by atoms with E-state index in [9.17, 15) is 0 Å². The molecule has 1 aromatic rings. The van der Waals surface area contributed by atoms with Gasteiger partial charge < -0.3 is 61.6 Å². The normalized spacial score (nSPS) is 22.5. The summed E-state index contributed by atoms with van der Waals surface area (Å²) in [6.07, 6.45) is 8.88. The molecule has 0 radical (unpaired) electrons. The number of ether oxygens (including phenoxy) is 13. The minimum atomic E-state index is -0.578. The molecule has 3 unspecified atom stereocenters. The van der Waals surface area contributed by atoms with Crippen LogP contribution in [-0.4, -0.2) is 138 Å². The maximum atomic E-state index is 6.19. The van der Waals surface area contributed by atoms with E-state index in [1.54, 1.807) is 7.11 Å². The molecule has 3 aliphatic heterocycles. The van der Waals surface area contributed by atoms with Crippen molar-refractivity contribution in [1.82, 2.24) is 0 Å². The average molecular weight is 729 g/mol. The highest BCUT2D eigenvalue weighted by molar-refractivity contribution is 5.26. The molecule has 0 bridgehead atoms. The van der Waals surface area contributed by atoms with Gasteiger partial charge in [-0.15, -0.1) is 0 Å². The standard InChI is InChI=1S/C38H64O13/c1-39-34-13-11-33(12-14-34)28-41-20-18-40-19-21-42-29-38(30-43-22-25-49-35-8-2-5-15-46-35,31-44-23-26-50-36-9-3-6-16-47-36)32-45-24-27-51-37-10-4-7-17-48-37/h11-14,35-37H,2-10,15-32H2,1H3. The molecule has 3 atom stereocenters. The quantitative estimate of drug-likeness (QED) is 0.104. The molecule has 3 fully saturated rings. The van der Waals surface area contributed by atoms with E-state index in [1.807, 2.05) is 24.3 Å². The SMILES string of the molecule is COc1ccc(COCCOCCOCC(COCCOC2CCCCO2)(COCCOC2CCCCO2)COCCOC2CCCCO2)cc1. The van der Waals surface area contributed by atoms with Crippen LogP contribution in [0.15, 0.2) is 24.3 Å². The Labute approximate surface area is 305 Å². The van der Waals surface area contributed by atoms with Crippen LogP contribution in [0.4, 0.5) is 0 Å². The molecule has 0 amide bonds. The summed E-state index contributed by atoms with van der Waals surface area (Å²) in [6.45, 7) is 8.60. The lowest BCUT2D eigenvalue weighted by Crippen LogP contribution is -2.43. The van der Waals surface area contributed by atoms with Crippen molar-refractivity contribution in [1.29, 1.82) is 0 Å². The lowest BCUT2D eigenvalue weighted by atomic mass is 9.92. The van der Waals surface area contributed by atoms with Crippen molar-refractivity contribution >= 4 is 0 Å². The van der Waals surface area contributed by atoms with Crippen LogP contribution in [0.3, 0.4) is 0 Å². The van der Waals surface area contributed by atoms with Gasteiger partial charge >= 0.3 is 0 Å². The lowest BCUT2D eigenvalue weighted by Gasteiger charge is -2.33. The van der Waals surface area contributed by atoms with Gasteiger partial charge in [0.25, 0.3) is 0 Å². The number of methoxy groups -OCH3 is 1. The zero-order chi connectivity index (χ0) is 35.5. The molecular weight excluding hydrogens is 664 g/mol. The monoisotopic (exact) mass is 728 g/mol. The molecule has 0 aliphatic carbocycles. The van der Waals surface area contributed by atoms with Gasteiger partial charge in [-0.1, -0.05) is 12.1 Å². The largest absolute Gasteiger partial charge is 0.497 e. The zero-order valence-corrected chi connectivity index (χ0v) is 30.9. The predicted octanol–water partition coefficient (Wildman–Crippen LogP) is 4.91. The molecule has 13 heteroatoms. The van der Waals surface area contributed by atoms with Gasteiger partial charge in [0, 0.05) is 19.8 Å². The lowest BCUT2D eigenvalue weighted by molar-refractivity contribution is -0.183. The van der Waals surface area contributed by atoms with Gasteiger partial charge in [-0.3, -0.25) is 0 Å². The fourth-order valence-corrected chi connectivity index (χ4v) is 5.90. The molecule has 51 heavy (non-hydrogen) atoms. The van der Waals surface area contributed by atoms with E-state index in [0.29, 0.717) is 99.1 Å². The van der Waals surface area contributed by atoms with Crippen LogP contribution in [0.2, 0.25) is 0 Å². The molecule has 0 N–H and O–H groups in total. The fourth-order valence-electron chi connectivity index (χ4n) is 5.90. The van der Waals surface area contributed by atoms with E-state index in [0.717, 1.165) is 88.9 Å². The highest BCUT2D eigenvalue weighted by Crippen LogP contribution is 2.22. The first-order valence-corrected chi connectivity index (χ1v) is 19.0. The van der Waals surface area contributed by atoms with Gasteiger partial charge in [-0.25, -0.2) is 0 Å². The van der Waals surface area contributed by atoms with Crippen molar-refractivity contribution in [2.24, 2.45) is 5.41 Å². The molecule has 3 heterocycles. The van der Waals surface area contributed by atoms with Crippen LogP contribution >= 0.6 is 0 Å². The molecule has 3 aliphatic rings. The summed E-state index contributed by atoms with van der Waals surface area (Å²) in [5.74, 6) is 0.826. The van der Waals surface area contributed by atoms with Gasteiger partial charge in [-0.2, -0.15) is 0 Å². The van der Waals surface area contributed by atoms with Gasteiger partial charge in [0.15, 0.2) is 18.9 Å². The first kappa shape index (κ1) is 42.3. The Kier molecular flexibility index (Phi) is 22.5. The maximum Gasteiger partial charge on any atom is 0.157 e. The zero-order valence-electron chi connectivity index (χ0n) is 30.9. The Hall–Kier alpha value is -1.46. The average Bonchev–Trinajstić information content (AvgIpc) is 3.18. The van der Waals surface area contributed by atoms with Gasteiger partial charge in [0.05, 0.1) is 112 Å². The summed E-state index contributed by atoms with van der Waals surface area (Å²) in [7, 11) is 1.66. The van der Waals surface area contributed by atoms with E-state index in [-0.39, 0.29) is 18.9 Å². The fraction of sp³-hybridized carbons (Fsp3) is 0.842. The van der Waals surface area contributed by atoms with E-state index < -0.39 is 5.41 Å². The van der Waals surface area contributed by atoms with E-state index in [4.69, 9.17) is 61.6 Å². The molecule has 0 spiro atoms. The first-order chi connectivity index (χ1) is 25.2. The second kappa shape index (κ2) is 27.2. The summed E-state index contributed by atoms with van der Waals surface area (Å²) >= 11 is 0. The van der Waals surface area contributed by atoms with Crippen LogP contribution in [0.1, 0.15) is 63.4 Å². The molecule has 1 aromatic carbocycles. The van der Waals surface area contributed by atoms with Crippen molar-refractivity contribution in [2.45, 2.75) is 83.3 Å². The molecule has 4 rings (SSSR count). The summed E-state index contributed by atoms with van der Waals surface area (Å²) in [5, 5.41) is 0. The Balaban J connectivity index is 1.20. The van der Waals surface area contributed by atoms with E-state index >= 15 is 0 Å². The van der Waals surface area contributed by atoms with Crippen molar-refractivity contribution in [3.05, 3.63) is 29.8 Å². The first-order valence-electron chi connectivity index (χ1n) is 19.0. The second-order valence-corrected chi connectivity index (χ2v) is 13.2. The highest BCUT2D eigenvalue weighted by Gasteiger charge is 2.33. The summed E-state index contributed by atoms with van der Waals surface area (Å²) in [5.41, 5.74) is 0.504. The topological polar surface area (TPSA) is 120 Å². The third-order valence-corrected chi connectivity index (χ3v) is 8.81. The van der Waals surface area contributed by atoms with Gasteiger partial charge in [0.2, 0.25) is 0 Å². The van der Waals surface area contributed by atoms with Crippen molar-refractivity contribution in [3.63, 3.8) is 0 Å². The van der Waals surface area contributed by atoms with Crippen LogP contribution < -0.4 is 4.74 Å². The van der Waals surface area contributed by atoms with Crippen molar-refractivity contribution < 1.29 is 61.6 Å². The van der Waals surface area contributed by atoms with Crippen LogP contribution in [0.5, 0.6) is 5.75 Å². The molecule has 294 valence electrons. The Bertz CT molecular complexity index is 880. The molecule has 3 saturated heterocycles. The third-order valence-electron chi connectivity index (χ3n) is 8.81. The Morgan fingerprint density at radius 2 is 0.882 bits per heavy atom. The number of hydrogen-bond donors (Lipinski definition) is 0. The summed E-state index contributed by atoms with van der Waals surface area (Å²) in [4.78, 5) is 0. The van der Waals surface area contributed by atoms with Gasteiger partial charge in [-0.05, 0) is 75.5 Å². The second-order valence-electron chi connectivity index (χ2n) is 13.2. The highest BCUT2D eigenvalue weighted by atomic mass is 16.7. The summed E-state index contributed by atoms with van der Waals surface area (Å²) in [6, 6.07) is 7.83. The van der Waals surface area contributed by atoms with Crippen LogP contribution in [0.25, 0.3) is 0 Å². The van der Waals surface area contributed by atoms with Gasteiger partial charge in [0.1, 0.15) is 5.75 Å². The number of benzene rings is 1. The van der Waals surface area contributed by atoms with E-state index in [1.165, 1.54) is 0 Å². The van der Waals surface area contributed by atoms with Crippen molar-refractivity contribution in [3.8, 4) is 5.75 Å². The minimum Gasteiger partial charge on any atom is -0.497 e. The van der Waals surface area contributed by atoms with E-state index in [2.05, 4.69) is 0 Å². The Morgan fingerprint density at radius 1 is 0.490 bits per heavy atom. The van der Waals surface area contributed by atoms with Crippen LogP contribution in [0, 0.1) is 5.41 Å². The molecular formula is C38H64O13. The number of rotatable bonds is 29. The molecule has 0 aromatic heterocycles. The molecule has 13 nitrogen and oxygen atoms in total. The minimum absolute atomic E-state index is 0.156. The molecule has 0 saturated carbocycles.